The van der Waals surface area contributed by atoms with Gasteiger partial charge >= 0.3 is 18.1 Å². The van der Waals surface area contributed by atoms with Crippen LogP contribution in [0.2, 0.25) is 0 Å². The Bertz CT molecular complexity index is 822. The van der Waals surface area contributed by atoms with Crippen LogP contribution in [0.25, 0.3) is 0 Å². The lowest BCUT2D eigenvalue weighted by Crippen LogP contribution is -2.41. The van der Waals surface area contributed by atoms with Gasteiger partial charge < -0.3 is 9.84 Å². The molecule has 1 aromatic carbocycles. The molecule has 178 valence electrons. The summed E-state index contributed by atoms with van der Waals surface area (Å²) >= 11 is 0. The SMILES string of the molecule is CCCCCCCCCCS(=O)(=O)c1ccc(OCC(F)(F)C(F)(F)F)c(C(=O)O)c1. The fraction of sp³-hybridized carbons (Fsp3) is 0.650. The molecule has 0 aliphatic carbocycles. The van der Waals surface area contributed by atoms with Gasteiger partial charge in [-0.05, 0) is 24.6 Å². The second-order valence-corrected chi connectivity index (χ2v) is 9.36. The molecule has 31 heavy (non-hydrogen) atoms. The normalized spacial score (nSPS) is 12.7. The Morgan fingerprint density at radius 2 is 1.52 bits per heavy atom. The van der Waals surface area contributed by atoms with Crippen molar-refractivity contribution < 1.29 is 45.0 Å². The second kappa shape index (κ2) is 11.6. The number of ether oxygens (including phenoxy) is 1. The Balaban J connectivity index is 2.76. The quantitative estimate of drug-likeness (QED) is 0.269. The molecule has 1 N–H and O–H groups in total. The van der Waals surface area contributed by atoms with Gasteiger partial charge in [0.05, 0.1) is 10.6 Å². The molecule has 0 heterocycles. The molecule has 0 aliphatic heterocycles. The second-order valence-electron chi connectivity index (χ2n) is 7.25. The number of rotatable bonds is 14. The topological polar surface area (TPSA) is 80.7 Å². The van der Waals surface area contributed by atoms with Gasteiger partial charge in [-0.15, -0.1) is 0 Å². The van der Waals surface area contributed by atoms with Crippen molar-refractivity contribution in [2.24, 2.45) is 0 Å². The molecular formula is C20H27F5O5S. The van der Waals surface area contributed by atoms with Crippen LogP contribution < -0.4 is 4.74 Å². The number of alkyl halides is 5. The lowest BCUT2D eigenvalue weighted by atomic mass is 10.1. The highest BCUT2D eigenvalue weighted by molar-refractivity contribution is 7.91. The van der Waals surface area contributed by atoms with Gasteiger partial charge in [0, 0.05) is 0 Å². The lowest BCUT2D eigenvalue weighted by Gasteiger charge is -2.20. The van der Waals surface area contributed by atoms with Crippen molar-refractivity contribution in [1.82, 2.24) is 0 Å². The molecule has 0 aromatic heterocycles. The fourth-order valence-corrected chi connectivity index (χ4v) is 4.18. The molecule has 1 aromatic rings. The Hall–Kier alpha value is -1.91. The van der Waals surface area contributed by atoms with E-state index in [4.69, 9.17) is 0 Å². The predicted molar refractivity (Wildman–Crippen MR) is 105 cm³/mol. The zero-order valence-electron chi connectivity index (χ0n) is 17.2. The van der Waals surface area contributed by atoms with Crippen molar-refractivity contribution in [2.75, 3.05) is 12.4 Å². The molecule has 11 heteroatoms. The van der Waals surface area contributed by atoms with Gasteiger partial charge in [0.1, 0.15) is 11.3 Å². The van der Waals surface area contributed by atoms with Crippen LogP contribution in [-0.2, 0) is 9.84 Å². The summed E-state index contributed by atoms with van der Waals surface area (Å²) in [5.74, 6) is -7.91. The number of hydrogen-bond donors (Lipinski definition) is 1. The van der Waals surface area contributed by atoms with Crippen molar-refractivity contribution in [1.29, 1.82) is 0 Å². The summed E-state index contributed by atoms with van der Waals surface area (Å²) in [6.45, 7) is -0.0156. The molecular weight excluding hydrogens is 447 g/mol. The number of sulfone groups is 1. The molecule has 0 amide bonds. The van der Waals surface area contributed by atoms with Gasteiger partial charge in [0.25, 0.3) is 0 Å². The van der Waals surface area contributed by atoms with Gasteiger partial charge in [-0.1, -0.05) is 51.9 Å². The van der Waals surface area contributed by atoms with Crippen molar-refractivity contribution in [3.05, 3.63) is 23.8 Å². The van der Waals surface area contributed by atoms with Crippen molar-refractivity contribution in [2.45, 2.75) is 75.3 Å². The Kier molecular flexibility index (Phi) is 10.2. The summed E-state index contributed by atoms with van der Waals surface area (Å²) < 4.78 is 92.0. The Morgan fingerprint density at radius 1 is 0.968 bits per heavy atom. The number of halogens is 5. The molecule has 5 nitrogen and oxygen atoms in total. The maximum atomic E-state index is 13.0. The van der Waals surface area contributed by atoms with E-state index < -0.39 is 45.8 Å². The van der Waals surface area contributed by atoms with Crippen LogP contribution in [0.1, 0.15) is 68.6 Å². The highest BCUT2D eigenvalue weighted by Crippen LogP contribution is 2.36. The minimum Gasteiger partial charge on any atom is -0.486 e. The van der Waals surface area contributed by atoms with Gasteiger partial charge in [-0.2, -0.15) is 22.0 Å². The zero-order chi connectivity index (χ0) is 23.7. The van der Waals surface area contributed by atoms with Gasteiger partial charge in [0.2, 0.25) is 0 Å². The van der Waals surface area contributed by atoms with E-state index in [-0.39, 0.29) is 10.6 Å². The molecule has 0 spiro atoms. The highest BCUT2D eigenvalue weighted by atomic mass is 32.2. The summed E-state index contributed by atoms with van der Waals surface area (Å²) in [4.78, 5) is 11.0. The monoisotopic (exact) mass is 474 g/mol. The number of aromatic carboxylic acids is 1. The van der Waals surface area contributed by atoms with E-state index in [1.807, 2.05) is 0 Å². The number of carbonyl (C=O) groups is 1. The van der Waals surface area contributed by atoms with Crippen LogP contribution in [0, 0.1) is 0 Å². The maximum absolute atomic E-state index is 13.0. The van der Waals surface area contributed by atoms with Crippen LogP contribution in [0.15, 0.2) is 23.1 Å². The van der Waals surface area contributed by atoms with Crippen molar-refractivity contribution >= 4 is 15.8 Å². The fourth-order valence-electron chi connectivity index (χ4n) is 2.79. The highest BCUT2D eigenvalue weighted by Gasteiger charge is 2.58. The average molecular weight is 474 g/mol. The largest absolute Gasteiger partial charge is 0.486 e. The van der Waals surface area contributed by atoms with Gasteiger partial charge in [0.15, 0.2) is 16.4 Å². The Morgan fingerprint density at radius 3 is 2.03 bits per heavy atom. The first kappa shape index (κ1) is 27.1. The third kappa shape index (κ3) is 8.62. The standard InChI is InChI=1S/C20H27F5O5S/c1-2-3-4-5-6-7-8-9-12-31(28,29)15-10-11-17(16(13-15)18(26)27)30-14-19(21,22)20(23,24)25/h10-11,13H,2-9,12,14H2,1H3,(H,26,27). The van der Waals surface area contributed by atoms with Crippen LogP contribution >= 0.6 is 0 Å². The summed E-state index contributed by atoms with van der Waals surface area (Å²) in [5, 5.41) is 9.20. The first-order valence-corrected chi connectivity index (χ1v) is 11.6. The van der Waals surface area contributed by atoms with E-state index in [1.54, 1.807) is 0 Å². The van der Waals surface area contributed by atoms with Crippen molar-refractivity contribution in [3.63, 3.8) is 0 Å². The number of carboxylic acid groups (broad SMARTS) is 1. The molecule has 0 aliphatic rings. The van der Waals surface area contributed by atoms with E-state index >= 15 is 0 Å². The van der Waals surface area contributed by atoms with E-state index in [9.17, 15) is 40.3 Å². The summed E-state index contributed by atoms with van der Waals surface area (Å²) in [6.07, 6.45) is 1.57. The van der Waals surface area contributed by atoms with E-state index in [0.717, 1.165) is 50.7 Å². The number of hydrogen-bond acceptors (Lipinski definition) is 4. The maximum Gasteiger partial charge on any atom is 0.456 e. The zero-order valence-corrected chi connectivity index (χ0v) is 18.0. The molecule has 0 fully saturated rings. The molecule has 0 unspecified atom stereocenters. The summed E-state index contributed by atoms with van der Waals surface area (Å²) in [5.41, 5.74) is -0.810. The molecule has 0 bridgehead atoms. The number of benzene rings is 1. The number of unbranched alkanes of at least 4 members (excludes halogenated alkanes) is 7. The predicted octanol–water partition coefficient (Wildman–Crippen LogP) is 5.88. The van der Waals surface area contributed by atoms with Crippen molar-refractivity contribution in [3.8, 4) is 5.75 Å². The van der Waals surface area contributed by atoms with Crippen LogP contribution in [0.5, 0.6) is 5.75 Å². The number of carboxylic acids is 1. The first-order valence-electron chi connectivity index (χ1n) is 9.99. The molecule has 0 atom stereocenters. The summed E-state index contributed by atoms with van der Waals surface area (Å²) in [7, 11) is -3.85. The lowest BCUT2D eigenvalue weighted by molar-refractivity contribution is -0.290. The van der Waals surface area contributed by atoms with Crippen LogP contribution in [0.3, 0.4) is 0 Å². The molecule has 0 radical (unpaired) electrons. The molecule has 1 rings (SSSR count). The summed E-state index contributed by atoms with van der Waals surface area (Å²) in [6, 6.07) is 2.42. The van der Waals surface area contributed by atoms with Crippen LogP contribution in [-0.4, -0.2) is 44.0 Å². The van der Waals surface area contributed by atoms with E-state index in [1.165, 1.54) is 0 Å². The Labute approximate surface area is 178 Å². The molecule has 0 saturated carbocycles. The van der Waals surface area contributed by atoms with Gasteiger partial charge in [-0.3, -0.25) is 0 Å². The van der Waals surface area contributed by atoms with Gasteiger partial charge in [-0.25, -0.2) is 13.2 Å². The van der Waals surface area contributed by atoms with Crippen LogP contribution in [0.4, 0.5) is 22.0 Å². The minimum atomic E-state index is -5.87. The molecule has 0 saturated heterocycles. The first-order chi connectivity index (χ1) is 14.3. The third-order valence-electron chi connectivity index (χ3n) is 4.63. The smallest absolute Gasteiger partial charge is 0.456 e. The average Bonchev–Trinajstić information content (AvgIpc) is 2.67. The third-order valence-corrected chi connectivity index (χ3v) is 6.43. The van der Waals surface area contributed by atoms with E-state index in [2.05, 4.69) is 11.7 Å². The van der Waals surface area contributed by atoms with E-state index in [0.29, 0.717) is 18.9 Å². The minimum absolute atomic E-state index is 0.229.